The monoisotopic (exact) mass is 262 g/mol. The van der Waals surface area contributed by atoms with Crippen LogP contribution in [0.4, 0.5) is 0 Å². The Kier molecular flexibility index (Phi) is 4.52. The zero-order valence-electron chi connectivity index (χ0n) is 11.6. The second-order valence-corrected chi connectivity index (χ2v) is 5.25. The van der Waals surface area contributed by atoms with Crippen molar-refractivity contribution in [1.29, 1.82) is 0 Å². The van der Waals surface area contributed by atoms with Gasteiger partial charge in [0.25, 0.3) is 5.91 Å². The minimum absolute atomic E-state index is 0.250. The molecule has 1 amide bonds. The molecule has 2 rings (SSSR count). The lowest BCUT2D eigenvalue weighted by atomic mass is 10.1. The van der Waals surface area contributed by atoms with Crippen molar-refractivity contribution in [3.05, 3.63) is 35.4 Å². The summed E-state index contributed by atoms with van der Waals surface area (Å²) in [7, 11) is 2.16. The van der Waals surface area contributed by atoms with Crippen LogP contribution in [0, 0.1) is 0 Å². The van der Waals surface area contributed by atoms with Crippen LogP contribution < -0.4 is 11.3 Å². The molecule has 104 valence electrons. The molecule has 1 aromatic carbocycles. The van der Waals surface area contributed by atoms with Gasteiger partial charge in [-0.2, -0.15) is 0 Å². The maximum Gasteiger partial charge on any atom is 0.265 e. The molecule has 1 aromatic rings. The Morgan fingerprint density at radius 2 is 2.05 bits per heavy atom. The van der Waals surface area contributed by atoms with Gasteiger partial charge in [-0.15, -0.1) is 0 Å². The Hall–Kier alpha value is -1.43. The van der Waals surface area contributed by atoms with Crippen molar-refractivity contribution in [2.24, 2.45) is 5.84 Å². The van der Waals surface area contributed by atoms with Crippen LogP contribution in [0.3, 0.4) is 0 Å². The van der Waals surface area contributed by atoms with E-state index < -0.39 is 0 Å². The first-order valence-corrected chi connectivity index (χ1v) is 6.62. The molecule has 1 unspecified atom stereocenters. The van der Waals surface area contributed by atoms with Gasteiger partial charge < -0.3 is 4.90 Å². The lowest BCUT2D eigenvalue weighted by Crippen LogP contribution is -2.49. The molecule has 1 aliphatic heterocycles. The summed E-state index contributed by atoms with van der Waals surface area (Å²) in [4.78, 5) is 16.2. The number of hydrazine groups is 1. The zero-order chi connectivity index (χ0) is 13.8. The number of carbonyl (C=O) groups excluding carboxylic acids is 1. The van der Waals surface area contributed by atoms with Crippen molar-refractivity contribution in [3.63, 3.8) is 0 Å². The van der Waals surface area contributed by atoms with Gasteiger partial charge in [-0.1, -0.05) is 12.1 Å². The molecule has 0 aliphatic carbocycles. The van der Waals surface area contributed by atoms with Crippen molar-refractivity contribution in [3.8, 4) is 0 Å². The van der Waals surface area contributed by atoms with E-state index in [2.05, 4.69) is 29.2 Å². The molecule has 0 bridgehead atoms. The fourth-order valence-corrected chi connectivity index (χ4v) is 2.49. The van der Waals surface area contributed by atoms with Gasteiger partial charge in [-0.05, 0) is 31.7 Å². The summed E-state index contributed by atoms with van der Waals surface area (Å²) < 4.78 is 0. The Morgan fingerprint density at radius 1 is 1.37 bits per heavy atom. The number of nitrogens with one attached hydrogen (secondary N) is 1. The van der Waals surface area contributed by atoms with E-state index in [1.165, 1.54) is 5.56 Å². The van der Waals surface area contributed by atoms with Crippen LogP contribution in [0.2, 0.25) is 0 Å². The normalized spacial score (nSPS) is 21.3. The van der Waals surface area contributed by atoms with Crippen LogP contribution in [0.1, 0.15) is 22.8 Å². The highest BCUT2D eigenvalue weighted by Crippen LogP contribution is 2.13. The smallest absolute Gasteiger partial charge is 0.265 e. The fourth-order valence-electron chi connectivity index (χ4n) is 2.49. The van der Waals surface area contributed by atoms with Crippen LogP contribution in [0.25, 0.3) is 0 Å². The maximum absolute atomic E-state index is 11.4. The van der Waals surface area contributed by atoms with Crippen LogP contribution >= 0.6 is 0 Å². The van der Waals surface area contributed by atoms with E-state index in [9.17, 15) is 4.79 Å². The van der Waals surface area contributed by atoms with Crippen molar-refractivity contribution < 1.29 is 4.79 Å². The summed E-state index contributed by atoms with van der Waals surface area (Å²) in [5.41, 5.74) is 3.96. The number of nitrogen functional groups attached to an aromatic ring is 1. The second-order valence-electron chi connectivity index (χ2n) is 5.25. The first kappa shape index (κ1) is 14.0. The Balaban J connectivity index is 1.98. The Labute approximate surface area is 114 Å². The molecule has 1 heterocycles. The van der Waals surface area contributed by atoms with Gasteiger partial charge in [0.2, 0.25) is 0 Å². The molecule has 5 nitrogen and oxygen atoms in total. The molecule has 3 N–H and O–H groups in total. The van der Waals surface area contributed by atoms with E-state index in [0.29, 0.717) is 11.6 Å². The highest BCUT2D eigenvalue weighted by Gasteiger charge is 2.21. The summed E-state index contributed by atoms with van der Waals surface area (Å²) in [6.45, 7) is 6.49. The molecule has 1 fully saturated rings. The lowest BCUT2D eigenvalue weighted by Gasteiger charge is -2.38. The molecule has 0 spiro atoms. The van der Waals surface area contributed by atoms with Gasteiger partial charge in [0, 0.05) is 37.8 Å². The number of hydrogen-bond donors (Lipinski definition) is 2. The van der Waals surface area contributed by atoms with Crippen LogP contribution in [0.15, 0.2) is 24.3 Å². The van der Waals surface area contributed by atoms with E-state index in [0.717, 1.165) is 26.2 Å². The van der Waals surface area contributed by atoms with E-state index in [1.54, 1.807) is 0 Å². The first-order valence-electron chi connectivity index (χ1n) is 6.62. The van der Waals surface area contributed by atoms with Gasteiger partial charge in [0.15, 0.2) is 0 Å². The summed E-state index contributed by atoms with van der Waals surface area (Å²) in [5.74, 6) is 4.86. The standard InChI is InChI=1S/C14H22N4O/c1-11-9-17(2)7-8-18(11)10-12-3-5-13(6-4-12)14(19)16-15/h3-6,11H,7-10,15H2,1-2H3,(H,16,19). The van der Waals surface area contributed by atoms with Gasteiger partial charge in [0.05, 0.1) is 0 Å². The highest BCUT2D eigenvalue weighted by molar-refractivity contribution is 5.93. The number of piperazine rings is 1. The third-order valence-corrected chi connectivity index (χ3v) is 3.70. The predicted octanol–water partition coefficient (Wildman–Crippen LogP) is 0.426. The van der Waals surface area contributed by atoms with Gasteiger partial charge in [-0.25, -0.2) is 5.84 Å². The van der Waals surface area contributed by atoms with Crippen molar-refractivity contribution >= 4 is 5.91 Å². The SMILES string of the molecule is CC1CN(C)CCN1Cc1ccc(C(=O)NN)cc1. The molecule has 1 atom stereocenters. The zero-order valence-corrected chi connectivity index (χ0v) is 11.6. The molecule has 0 saturated carbocycles. The fraction of sp³-hybridized carbons (Fsp3) is 0.500. The molecule has 0 radical (unpaired) electrons. The van der Waals surface area contributed by atoms with Gasteiger partial charge in [0.1, 0.15) is 0 Å². The summed E-state index contributed by atoms with van der Waals surface area (Å²) >= 11 is 0. The average Bonchev–Trinajstić information content (AvgIpc) is 2.42. The maximum atomic E-state index is 11.4. The molecule has 0 aromatic heterocycles. The predicted molar refractivity (Wildman–Crippen MR) is 75.5 cm³/mol. The average molecular weight is 262 g/mol. The highest BCUT2D eigenvalue weighted by atomic mass is 16.2. The minimum atomic E-state index is -0.250. The van der Waals surface area contributed by atoms with Crippen LogP contribution in [0.5, 0.6) is 0 Å². The van der Waals surface area contributed by atoms with Crippen molar-refractivity contribution in [2.45, 2.75) is 19.5 Å². The molecule has 1 aliphatic rings. The summed E-state index contributed by atoms with van der Waals surface area (Å²) in [6.07, 6.45) is 0. The number of nitrogens with zero attached hydrogens (tertiary/aromatic N) is 2. The third kappa shape index (κ3) is 3.53. The number of benzene rings is 1. The summed E-state index contributed by atoms with van der Waals surface area (Å²) in [5, 5.41) is 0. The van der Waals surface area contributed by atoms with E-state index >= 15 is 0 Å². The Morgan fingerprint density at radius 3 is 2.63 bits per heavy atom. The molecular weight excluding hydrogens is 240 g/mol. The number of carbonyl (C=O) groups is 1. The van der Waals surface area contributed by atoms with E-state index in [-0.39, 0.29) is 5.91 Å². The van der Waals surface area contributed by atoms with Crippen molar-refractivity contribution in [2.75, 3.05) is 26.7 Å². The van der Waals surface area contributed by atoms with E-state index in [4.69, 9.17) is 5.84 Å². The van der Waals surface area contributed by atoms with Gasteiger partial charge >= 0.3 is 0 Å². The molecule has 1 saturated heterocycles. The Bertz CT molecular complexity index is 432. The van der Waals surface area contributed by atoms with E-state index in [1.807, 2.05) is 24.3 Å². The topological polar surface area (TPSA) is 61.6 Å². The molecule has 5 heteroatoms. The number of nitrogens with two attached hydrogens (primary N) is 1. The number of likely N-dealkylation sites (N-methyl/N-ethyl adjacent to an activating group) is 1. The third-order valence-electron chi connectivity index (χ3n) is 3.70. The summed E-state index contributed by atoms with van der Waals surface area (Å²) in [6, 6.07) is 8.19. The van der Waals surface area contributed by atoms with Crippen molar-refractivity contribution in [1.82, 2.24) is 15.2 Å². The number of hydrogen-bond acceptors (Lipinski definition) is 4. The van der Waals surface area contributed by atoms with Gasteiger partial charge in [-0.3, -0.25) is 15.1 Å². The number of rotatable bonds is 3. The van der Waals surface area contributed by atoms with Crippen LogP contribution in [-0.4, -0.2) is 48.4 Å². The largest absolute Gasteiger partial charge is 0.304 e. The molecular formula is C14H22N4O. The quantitative estimate of drug-likeness (QED) is 0.471. The lowest BCUT2D eigenvalue weighted by molar-refractivity contribution is 0.0936. The minimum Gasteiger partial charge on any atom is -0.304 e. The first-order chi connectivity index (χ1) is 9.10. The number of amides is 1. The van der Waals surface area contributed by atoms with Crippen LogP contribution in [-0.2, 0) is 6.54 Å². The second kappa shape index (κ2) is 6.14. The molecule has 19 heavy (non-hydrogen) atoms.